The quantitative estimate of drug-likeness (QED) is 0.763. The monoisotopic (exact) mass is 347 g/mol. The van der Waals surface area contributed by atoms with Crippen LogP contribution < -0.4 is 5.32 Å². The van der Waals surface area contributed by atoms with Gasteiger partial charge in [0, 0.05) is 18.8 Å². The molecule has 0 bridgehead atoms. The lowest BCUT2D eigenvalue weighted by molar-refractivity contribution is -0.139. The molecule has 8 nitrogen and oxygen atoms in total. The van der Waals surface area contributed by atoms with Gasteiger partial charge in [0.1, 0.15) is 23.1 Å². The Morgan fingerprint density at radius 1 is 1.36 bits per heavy atom. The predicted octanol–water partition coefficient (Wildman–Crippen LogP) is 2.10. The van der Waals surface area contributed by atoms with Gasteiger partial charge in [0.2, 0.25) is 0 Å². The van der Waals surface area contributed by atoms with Crippen LogP contribution in [0, 0.1) is 0 Å². The summed E-state index contributed by atoms with van der Waals surface area (Å²) in [6, 6.07) is 5.21. The average Bonchev–Trinajstić information content (AvgIpc) is 3.00. The van der Waals surface area contributed by atoms with E-state index in [1.807, 2.05) is 0 Å². The molecule has 0 saturated carbocycles. The summed E-state index contributed by atoms with van der Waals surface area (Å²) in [5.74, 6) is -1.17. The Morgan fingerprint density at radius 3 is 2.64 bits per heavy atom. The molecule has 1 atom stereocenters. The minimum absolute atomic E-state index is 0.0134. The maximum absolute atomic E-state index is 11.8. The minimum Gasteiger partial charge on any atom is -0.506 e. The van der Waals surface area contributed by atoms with Gasteiger partial charge < -0.3 is 20.3 Å². The van der Waals surface area contributed by atoms with Crippen LogP contribution in [-0.4, -0.2) is 43.7 Å². The molecule has 1 aromatic heterocycles. The lowest BCUT2D eigenvalue weighted by atomic mass is 10.0. The van der Waals surface area contributed by atoms with Gasteiger partial charge in [-0.15, -0.1) is 0 Å². The molecule has 0 aliphatic rings. The van der Waals surface area contributed by atoms with Crippen molar-refractivity contribution < 1.29 is 24.5 Å². The molecular weight excluding hydrogens is 326 g/mol. The number of alkyl carbamates (subject to hydrolysis) is 1. The lowest BCUT2D eigenvalue weighted by Gasteiger charge is -2.22. The number of ether oxygens (including phenoxy) is 1. The summed E-state index contributed by atoms with van der Waals surface area (Å²) >= 11 is 0. The van der Waals surface area contributed by atoms with Crippen molar-refractivity contribution in [2.75, 3.05) is 0 Å². The summed E-state index contributed by atoms with van der Waals surface area (Å²) in [7, 11) is 0. The smallest absolute Gasteiger partial charge is 0.408 e. The number of phenols is 1. The van der Waals surface area contributed by atoms with Crippen LogP contribution in [0.5, 0.6) is 5.75 Å². The number of benzene rings is 1. The van der Waals surface area contributed by atoms with E-state index in [1.165, 1.54) is 10.7 Å². The molecule has 2 rings (SSSR count). The molecule has 0 fully saturated rings. The second-order valence-corrected chi connectivity index (χ2v) is 6.51. The molecule has 0 aliphatic heterocycles. The fourth-order valence-electron chi connectivity index (χ4n) is 2.18. The number of aliphatic carboxylic acids is 1. The van der Waals surface area contributed by atoms with Gasteiger partial charge in [-0.05, 0) is 44.5 Å². The van der Waals surface area contributed by atoms with E-state index in [0.29, 0.717) is 11.3 Å². The van der Waals surface area contributed by atoms with Gasteiger partial charge in [0.05, 0.1) is 0 Å². The number of nitrogens with zero attached hydrogens (tertiary/aromatic N) is 2. The normalized spacial score (nSPS) is 12.4. The van der Waals surface area contributed by atoms with Gasteiger partial charge in [-0.2, -0.15) is 5.10 Å². The SMILES string of the molecule is CC(C)(C)OC(=O)N[C@@H](Cc1ccc(O)c(-n2cccn2)c1)C(=O)O. The first-order valence-corrected chi connectivity index (χ1v) is 7.70. The van der Waals surface area contributed by atoms with Gasteiger partial charge in [0.15, 0.2) is 0 Å². The number of hydrogen-bond acceptors (Lipinski definition) is 5. The van der Waals surface area contributed by atoms with Crippen LogP contribution in [0.25, 0.3) is 5.69 Å². The molecule has 3 N–H and O–H groups in total. The minimum atomic E-state index is -1.18. The molecule has 134 valence electrons. The Balaban J connectivity index is 2.16. The number of carboxylic acid groups (broad SMARTS) is 1. The molecule has 0 spiro atoms. The van der Waals surface area contributed by atoms with Crippen molar-refractivity contribution in [3.05, 3.63) is 42.2 Å². The van der Waals surface area contributed by atoms with Gasteiger partial charge in [-0.25, -0.2) is 14.3 Å². The zero-order valence-corrected chi connectivity index (χ0v) is 14.3. The van der Waals surface area contributed by atoms with E-state index in [0.717, 1.165) is 0 Å². The molecule has 25 heavy (non-hydrogen) atoms. The zero-order chi connectivity index (χ0) is 18.6. The van der Waals surface area contributed by atoms with Crippen LogP contribution in [0.3, 0.4) is 0 Å². The topological polar surface area (TPSA) is 114 Å². The third-order valence-corrected chi connectivity index (χ3v) is 3.22. The zero-order valence-electron chi connectivity index (χ0n) is 14.3. The number of carboxylic acids is 1. The fourth-order valence-corrected chi connectivity index (χ4v) is 2.18. The van der Waals surface area contributed by atoms with E-state index in [9.17, 15) is 19.8 Å². The van der Waals surface area contributed by atoms with Crippen LogP contribution in [0.4, 0.5) is 4.79 Å². The highest BCUT2D eigenvalue weighted by Crippen LogP contribution is 2.23. The molecule has 1 amide bonds. The summed E-state index contributed by atoms with van der Waals surface area (Å²) in [5.41, 5.74) is 0.314. The first kappa shape index (κ1) is 18.3. The van der Waals surface area contributed by atoms with E-state index < -0.39 is 23.7 Å². The number of carbonyl (C=O) groups is 2. The highest BCUT2D eigenvalue weighted by molar-refractivity contribution is 5.80. The van der Waals surface area contributed by atoms with Crippen LogP contribution in [0.2, 0.25) is 0 Å². The lowest BCUT2D eigenvalue weighted by Crippen LogP contribution is -2.44. The van der Waals surface area contributed by atoms with Crippen LogP contribution in [0.1, 0.15) is 26.3 Å². The number of aromatic nitrogens is 2. The molecular formula is C17H21N3O5. The summed E-state index contributed by atoms with van der Waals surface area (Å²) in [4.78, 5) is 23.3. The number of carbonyl (C=O) groups excluding carboxylic acids is 1. The third-order valence-electron chi connectivity index (χ3n) is 3.22. The molecule has 0 unspecified atom stereocenters. The summed E-state index contributed by atoms with van der Waals surface area (Å²) in [6.45, 7) is 5.08. The van der Waals surface area contributed by atoms with E-state index in [1.54, 1.807) is 51.4 Å². The second-order valence-electron chi connectivity index (χ2n) is 6.51. The molecule has 0 saturated heterocycles. The van der Waals surface area contributed by atoms with Crippen LogP contribution in [0.15, 0.2) is 36.7 Å². The van der Waals surface area contributed by atoms with Gasteiger partial charge in [0.25, 0.3) is 0 Å². The standard InChI is InChI=1S/C17H21N3O5/c1-17(2,3)25-16(24)19-12(15(22)23)9-11-5-6-14(21)13(10-11)20-8-4-7-18-20/h4-8,10,12,21H,9H2,1-3H3,(H,19,24)(H,22,23)/t12-/m0/s1. The Bertz CT molecular complexity index is 750. The molecule has 1 aromatic carbocycles. The van der Waals surface area contributed by atoms with Crippen molar-refractivity contribution in [2.45, 2.75) is 38.8 Å². The predicted molar refractivity (Wildman–Crippen MR) is 89.7 cm³/mol. The summed E-state index contributed by atoms with van der Waals surface area (Å²) in [6.07, 6.45) is 2.46. The third kappa shape index (κ3) is 5.23. The average molecular weight is 347 g/mol. The largest absolute Gasteiger partial charge is 0.506 e. The van der Waals surface area contributed by atoms with E-state index >= 15 is 0 Å². The number of hydrogen-bond donors (Lipinski definition) is 3. The van der Waals surface area contributed by atoms with Crippen molar-refractivity contribution in [1.82, 2.24) is 15.1 Å². The molecule has 8 heteroatoms. The Morgan fingerprint density at radius 2 is 2.08 bits per heavy atom. The van der Waals surface area contributed by atoms with E-state index in [-0.39, 0.29) is 12.2 Å². The van der Waals surface area contributed by atoms with Crippen molar-refractivity contribution in [3.8, 4) is 11.4 Å². The summed E-state index contributed by atoms with van der Waals surface area (Å²) < 4.78 is 6.56. The fraction of sp³-hybridized carbons (Fsp3) is 0.353. The van der Waals surface area contributed by atoms with E-state index in [2.05, 4.69) is 10.4 Å². The van der Waals surface area contributed by atoms with Gasteiger partial charge in [-0.1, -0.05) is 6.07 Å². The highest BCUT2D eigenvalue weighted by Gasteiger charge is 2.24. The number of rotatable bonds is 5. The molecule has 0 radical (unpaired) electrons. The van der Waals surface area contributed by atoms with E-state index in [4.69, 9.17) is 4.74 Å². The van der Waals surface area contributed by atoms with Gasteiger partial charge in [-0.3, -0.25) is 0 Å². The Hall–Kier alpha value is -3.03. The number of phenolic OH excluding ortho intramolecular Hbond substituents is 1. The molecule has 1 heterocycles. The first-order valence-electron chi connectivity index (χ1n) is 7.70. The molecule has 0 aliphatic carbocycles. The van der Waals surface area contributed by atoms with Crippen molar-refractivity contribution in [2.24, 2.45) is 0 Å². The maximum Gasteiger partial charge on any atom is 0.408 e. The number of amides is 1. The van der Waals surface area contributed by atoms with Crippen molar-refractivity contribution in [3.63, 3.8) is 0 Å². The second kappa shape index (κ2) is 7.25. The van der Waals surface area contributed by atoms with Gasteiger partial charge >= 0.3 is 12.1 Å². The number of aromatic hydroxyl groups is 1. The number of nitrogens with one attached hydrogen (secondary N) is 1. The summed E-state index contributed by atoms with van der Waals surface area (Å²) in [5, 5.41) is 25.7. The Labute approximate surface area is 145 Å². The molecule has 2 aromatic rings. The van der Waals surface area contributed by atoms with Crippen LogP contribution >= 0.6 is 0 Å². The Kier molecular flexibility index (Phi) is 5.31. The van der Waals surface area contributed by atoms with Crippen molar-refractivity contribution >= 4 is 12.1 Å². The van der Waals surface area contributed by atoms with Crippen molar-refractivity contribution in [1.29, 1.82) is 0 Å². The maximum atomic E-state index is 11.8. The first-order chi connectivity index (χ1) is 11.7. The van der Waals surface area contributed by atoms with Crippen LogP contribution in [-0.2, 0) is 16.0 Å². The highest BCUT2D eigenvalue weighted by atomic mass is 16.6.